The van der Waals surface area contributed by atoms with E-state index in [-0.39, 0.29) is 17.3 Å². The Labute approximate surface area is 183 Å². The first-order chi connectivity index (χ1) is 14.7. The topological polar surface area (TPSA) is 51.0 Å². The van der Waals surface area contributed by atoms with Crippen molar-refractivity contribution in [3.63, 3.8) is 0 Å². The van der Waals surface area contributed by atoms with Crippen molar-refractivity contribution < 1.29 is 9.18 Å². The number of rotatable bonds is 5. The summed E-state index contributed by atoms with van der Waals surface area (Å²) >= 11 is 0. The number of halogens is 1. The van der Waals surface area contributed by atoms with E-state index < -0.39 is 0 Å². The van der Waals surface area contributed by atoms with Gasteiger partial charge in [0.05, 0.1) is 5.69 Å². The van der Waals surface area contributed by atoms with Gasteiger partial charge in [0.1, 0.15) is 5.82 Å². The lowest BCUT2D eigenvalue weighted by atomic mass is 9.89. The van der Waals surface area contributed by atoms with Crippen LogP contribution in [0.2, 0.25) is 0 Å². The van der Waals surface area contributed by atoms with E-state index in [0.717, 1.165) is 59.4 Å². The van der Waals surface area contributed by atoms with E-state index in [4.69, 9.17) is 4.98 Å². The molecule has 1 unspecified atom stereocenters. The number of carbonyl (C=O) groups excluding carboxylic acids is 1. The van der Waals surface area contributed by atoms with Gasteiger partial charge in [-0.3, -0.25) is 9.48 Å². The highest BCUT2D eigenvalue weighted by molar-refractivity contribution is 5.84. The summed E-state index contributed by atoms with van der Waals surface area (Å²) in [6, 6.07) is 6.64. The number of pyridine rings is 1. The predicted molar refractivity (Wildman–Crippen MR) is 120 cm³/mol. The third-order valence-electron chi connectivity index (χ3n) is 6.87. The van der Waals surface area contributed by atoms with Gasteiger partial charge in [-0.2, -0.15) is 5.10 Å². The molecule has 6 heteroatoms. The van der Waals surface area contributed by atoms with Crippen LogP contribution in [0.1, 0.15) is 54.3 Å². The molecule has 0 spiro atoms. The third kappa shape index (κ3) is 3.95. The Bertz CT molecular complexity index is 1130. The van der Waals surface area contributed by atoms with Crippen LogP contribution in [0, 0.1) is 26.6 Å². The predicted octanol–water partition coefficient (Wildman–Crippen LogP) is 4.59. The summed E-state index contributed by atoms with van der Waals surface area (Å²) in [7, 11) is 1.92. The second kappa shape index (κ2) is 8.06. The summed E-state index contributed by atoms with van der Waals surface area (Å²) in [5, 5.41) is 5.61. The normalized spacial score (nSPS) is 18.8. The van der Waals surface area contributed by atoms with E-state index in [0.29, 0.717) is 12.8 Å². The minimum atomic E-state index is -0.228. The van der Waals surface area contributed by atoms with Gasteiger partial charge >= 0.3 is 0 Å². The highest BCUT2D eigenvalue weighted by Gasteiger charge is 2.39. The van der Waals surface area contributed by atoms with Crippen molar-refractivity contribution in [2.45, 2.75) is 65.3 Å². The smallest absolute Gasteiger partial charge is 0.223 e. The first-order valence-corrected chi connectivity index (χ1v) is 11.0. The zero-order valence-electron chi connectivity index (χ0n) is 19.1. The summed E-state index contributed by atoms with van der Waals surface area (Å²) < 4.78 is 15.1. The fraction of sp³-hybridized carbons (Fsp3) is 0.480. The van der Waals surface area contributed by atoms with Gasteiger partial charge in [0, 0.05) is 36.6 Å². The maximum Gasteiger partial charge on any atom is 0.223 e. The number of carbonyl (C=O) groups is 1. The zero-order valence-corrected chi connectivity index (χ0v) is 19.1. The molecule has 0 saturated carbocycles. The minimum absolute atomic E-state index is 0.184. The number of aryl methyl sites for hydroxylation is 4. The highest BCUT2D eigenvalue weighted by Crippen LogP contribution is 2.34. The van der Waals surface area contributed by atoms with E-state index in [9.17, 15) is 9.18 Å². The molecule has 0 bridgehead atoms. The van der Waals surface area contributed by atoms with E-state index in [2.05, 4.69) is 18.9 Å². The molecule has 1 aliphatic heterocycles. The first kappa shape index (κ1) is 21.5. The highest BCUT2D eigenvalue weighted by atomic mass is 19.1. The molecule has 31 heavy (non-hydrogen) atoms. The largest absolute Gasteiger partial charge is 0.337 e. The van der Waals surface area contributed by atoms with Crippen LogP contribution in [-0.4, -0.2) is 37.7 Å². The number of fused-ring (bicyclic) bond motifs is 1. The molecule has 0 aliphatic carbocycles. The molecule has 0 N–H and O–H groups in total. The molecule has 3 heterocycles. The number of likely N-dealkylation sites (tertiary alicyclic amines) is 1. The first-order valence-electron chi connectivity index (χ1n) is 11.0. The van der Waals surface area contributed by atoms with Crippen molar-refractivity contribution >= 4 is 16.9 Å². The van der Waals surface area contributed by atoms with Crippen LogP contribution in [-0.2, 0) is 24.7 Å². The Morgan fingerprint density at radius 2 is 1.87 bits per heavy atom. The van der Waals surface area contributed by atoms with Gasteiger partial charge in [0.25, 0.3) is 0 Å². The lowest BCUT2D eigenvalue weighted by Crippen LogP contribution is -2.46. The van der Waals surface area contributed by atoms with Gasteiger partial charge in [0.15, 0.2) is 5.65 Å². The van der Waals surface area contributed by atoms with Crippen molar-refractivity contribution in [2.75, 3.05) is 6.54 Å². The van der Waals surface area contributed by atoms with Gasteiger partial charge in [0.2, 0.25) is 5.91 Å². The van der Waals surface area contributed by atoms with Crippen LogP contribution < -0.4 is 0 Å². The molecule has 4 rings (SSSR count). The molecule has 164 valence electrons. The second-order valence-corrected chi connectivity index (χ2v) is 9.16. The molecule has 1 saturated heterocycles. The number of hydrogen-bond donors (Lipinski definition) is 0. The van der Waals surface area contributed by atoms with Crippen molar-refractivity contribution in [1.82, 2.24) is 19.7 Å². The Kier molecular flexibility index (Phi) is 5.58. The molecule has 1 aromatic carbocycles. The number of hydrogen-bond acceptors (Lipinski definition) is 3. The quantitative estimate of drug-likeness (QED) is 0.604. The fourth-order valence-corrected chi connectivity index (χ4v) is 5.27. The lowest BCUT2D eigenvalue weighted by Gasteiger charge is -2.36. The molecule has 1 atom stereocenters. The SMILES string of the molecule is Cc1nc2c(c(C)nn2C)c(C)c1CCC(=O)N1CCCC1(C)Cc1ccc(F)cc1. The van der Waals surface area contributed by atoms with Crippen molar-refractivity contribution in [3.05, 3.63) is 58.2 Å². The molecule has 0 radical (unpaired) electrons. The van der Waals surface area contributed by atoms with Crippen LogP contribution in [0.25, 0.3) is 11.0 Å². The van der Waals surface area contributed by atoms with E-state index >= 15 is 0 Å². The molecule has 1 aliphatic rings. The van der Waals surface area contributed by atoms with Crippen LogP contribution in [0.3, 0.4) is 0 Å². The van der Waals surface area contributed by atoms with Crippen LogP contribution in [0.15, 0.2) is 24.3 Å². The monoisotopic (exact) mass is 422 g/mol. The van der Waals surface area contributed by atoms with Gasteiger partial charge in [-0.05, 0) is 82.2 Å². The summed E-state index contributed by atoms with van der Waals surface area (Å²) in [5.74, 6) is -0.0441. The van der Waals surface area contributed by atoms with Gasteiger partial charge in [-0.1, -0.05) is 12.1 Å². The Morgan fingerprint density at radius 3 is 2.58 bits per heavy atom. The van der Waals surface area contributed by atoms with E-state index in [1.807, 2.05) is 42.6 Å². The standard InChI is InChI=1S/C25H31FN4O/c1-16-21(17(2)27-24-23(16)18(3)28-29(24)5)11-12-22(31)30-14-6-13-25(30,4)15-19-7-9-20(26)10-8-19/h7-10H,6,11-15H2,1-5H3. The second-order valence-electron chi connectivity index (χ2n) is 9.16. The number of benzene rings is 1. The minimum Gasteiger partial charge on any atom is -0.337 e. The molecule has 3 aromatic rings. The number of aromatic nitrogens is 3. The maximum absolute atomic E-state index is 13.3. The maximum atomic E-state index is 13.3. The number of nitrogens with zero attached hydrogens (tertiary/aromatic N) is 4. The number of amides is 1. The van der Waals surface area contributed by atoms with Crippen molar-refractivity contribution in [3.8, 4) is 0 Å². The van der Waals surface area contributed by atoms with E-state index in [1.165, 1.54) is 17.7 Å². The molecular weight excluding hydrogens is 391 g/mol. The van der Waals surface area contributed by atoms with Crippen LogP contribution in [0.5, 0.6) is 0 Å². The Morgan fingerprint density at radius 1 is 1.16 bits per heavy atom. The summed E-state index contributed by atoms with van der Waals surface area (Å²) in [6.07, 6.45) is 3.87. The summed E-state index contributed by atoms with van der Waals surface area (Å²) in [6.45, 7) is 9.08. The van der Waals surface area contributed by atoms with Crippen molar-refractivity contribution in [1.29, 1.82) is 0 Å². The molecular formula is C25H31FN4O. The Balaban J connectivity index is 1.51. The molecule has 2 aromatic heterocycles. The fourth-order valence-electron chi connectivity index (χ4n) is 5.27. The average Bonchev–Trinajstić information content (AvgIpc) is 3.22. The molecule has 5 nitrogen and oxygen atoms in total. The van der Waals surface area contributed by atoms with Gasteiger partial charge in [-0.15, -0.1) is 0 Å². The van der Waals surface area contributed by atoms with Crippen LogP contribution in [0.4, 0.5) is 4.39 Å². The lowest BCUT2D eigenvalue weighted by molar-refractivity contribution is -0.134. The van der Waals surface area contributed by atoms with Gasteiger partial charge in [-0.25, -0.2) is 9.37 Å². The zero-order chi connectivity index (χ0) is 22.3. The Hall–Kier alpha value is -2.76. The average molecular weight is 423 g/mol. The molecule has 1 fully saturated rings. The summed E-state index contributed by atoms with van der Waals surface area (Å²) in [4.78, 5) is 20.1. The third-order valence-corrected chi connectivity index (χ3v) is 6.87. The van der Waals surface area contributed by atoms with Gasteiger partial charge < -0.3 is 4.90 Å². The van der Waals surface area contributed by atoms with Crippen LogP contribution >= 0.6 is 0 Å². The van der Waals surface area contributed by atoms with Crippen molar-refractivity contribution in [2.24, 2.45) is 7.05 Å². The molecule has 1 amide bonds. The summed E-state index contributed by atoms with van der Waals surface area (Å²) in [5.41, 5.74) is 6.01. The van der Waals surface area contributed by atoms with E-state index in [1.54, 1.807) is 0 Å².